The fourth-order valence-electron chi connectivity index (χ4n) is 2.85. The van der Waals surface area contributed by atoms with Gasteiger partial charge in [0.05, 0.1) is 5.92 Å². The molecule has 1 aromatic rings. The number of ether oxygens (including phenoxy) is 1. The average molecular weight is 356 g/mol. The highest BCUT2D eigenvalue weighted by Gasteiger charge is 2.50. The van der Waals surface area contributed by atoms with Crippen molar-refractivity contribution in [2.45, 2.75) is 22.9 Å². The zero-order valence-electron chi connectivity index (χ0n) is 9.71. The van der Waals surface area contributed by atoms with Crippen LogP contribution in [0, 0.1) is 11.8 Å². The van der Waals surface area contributed by atoms with E-state index in [2.05, 4.69) is 22.6 Å². The Balaban J connectivity index is 1.88. The topological polar surface area (TPSA) is 43.4 Å². The molecule has 1 heterocycles. The quantitative estimate of drug-likeness (QED) is 0.354. The van der Waals surface area contributed by atoms with Gasteiger partial charge in [0.2, 0.25) is 0 Å². The van der Waals surface area contributed by atoms with Crippen molar-refractivity contribution >= 4 is 34.3 Å². The van der Waals surface area contributed by atoms with E-state index in [1.807, 2.05) is 30.3 Å². The highest BCUT2D eigenvalue weighted by molar-refractivity contribution is 14.1. The summed E-state index contributed by atoms with van der Waals surface area (Å²) in [5.74, 6) is -0.540. The van der Waals surface area contributed by atoms with Crippen molar-refractivity contribution in [1.82, 2.24) is 0 Å². The van der Waals surface area contributed by atoms with E-state index in [4.69, 9.17) is 4.74 Å². The van der Waals surface area contributed by atoms with Gasteiger partial charge in [-0.25, -0.2) is 0 Å². The molecule has 1 aromatic carbocycles. The Labute approximate surface area is 119 Å². The van der Waals surface area contributed by atoms with Crippen LogP contribution < -0.4 is 0 Å². The number of hydrogen-bond acceptors (Lipinski definition) is 3. The lowest BCUT2D eigenvalue weighted by Crippen LogP contribution is -2.35. The van der Waals surface area contributed by atoms with Crippen molar-refractivity contribution in [3.05, 3.63) is 35.9 Å². The van der Waals surface area contributed by atoms with Crippen LogP contribution in [0.4, 0.5) is 0 Å². The lowest BCUT2D eigenvalue weighted by Gasteiger charge is -2.27. The maximum Gasteiger partial charge on any atom is 0.310 e. The molecule has 3 nitrogen and oxygen atoms in total. The molecular weight excluding hydrogens is 343 g/mol. The summed E-state index contributed by atoms with van der Waals surface area (Å²) >= 11 is 2.29. The highest BCUT2D eigenvalue weighted by atomic mass is 127. The molecule has 4 atom stereocenters. The van der Waals surface area contributed by atoms with Gasteiger partial charge < -0.3 is 4.74 Å². The number of rotatable bonds is 2. The first kappa shape index (κ1) is 12.1. The number of hydrogen-bond donors (Lipinski definition) is 0. The Morgan fingerprint density at radius 1 is 1.22 bits per heavy atom. The summed E-state index contributed by atoms with van der Waals surface area (Å²) in [6, 6.07) is 9.23. The highest BCUT2D eigenvalue weighted by Crippen LogP contribution is 2.43. The fourth-order valence-corrected chi connectivity index (χ4v) is 3.83. The third-order valence-electron chi connectivity index (χ3n) is 3.82. The van der Waals surface area contributed by atoms with E-state index < -0.39 is 0 Å². The van der Waals surface area contributed by atoms with E-state index in [0.717, 1.165) is 6.42 Å². The van der Waals surface area contributed by atoms with Crippen molar-refractivity contribution in [2.75, 3.05) is 0 Å². The van der Waals surface area contributed by atoms with Crippen LogP contribution in [0.5, 0.6) is 0 Å². The first-order valence-corrected chi connectivity index (χ1v) is 7.35. The summed E-state index contributed by atoms with van der Waals surface area (Å²) in [6.45, 7) is 0. The predicted molar refractivity (Wildman–Crippen MR) is 74.7 cm³/mol. The maximum absolute atomic E-state index is 12.5. The summed E-state index contributed by atoms with van der Waals surface area (Å²) in [6.07, 6.45) is 1.47. The van der Waals surface area contributed by atoms with E-state index in [-0.39, 0.29) is 33.6 Å². The molecule has 94 valence electrons. The lowest BCUT2D eigenvalue weighted by atomic mass is 9.76. The Bertz CT molecular complexity index is 485. The minimum absolute atomic E-state index is 0.0166. The molecule has 1 saturated heterocycles. The van der Waals surface area contributed by atoms with Crippen molar-refractivity contribution in [3.8, 4) is 0 Å². The third kappa shape index (κ3) is 1.96. The number of Topliss-reactive ketones (excluding diaryl/α,β-unsaturated/α-hetero) is 1. The molecule has 1 aliphatic carbocycles. The van der Waals surface area contributed by atoms with Crippen molar-refractivity contribution < 1.29 is 14.3 Å². The Morgan fingerprint density at radius 3 is 2.67 bits per heavy atom. The second kappa shape index (κ2) is 4.64. The molecule has 0 amide bonds. The Morgan fingerprint density at radius 2 is 1.94 bits per heavy atom. The molecule has 2 aliphatic rings. The number of esters is 1. The van der Waals surface area contributed by atoms with Crippen molar-refractivity contribution in [3.63, 3.8) is 0 Å². The molecule has 0 radical (unpaired) electrons. The largest absolute Gasteiger partial charge is 0.461 e. The van der Waals surface area contributed by atoms with Gasteiger partial charge in [-0.2, -0.15) is 0 Å². The minimum atomic E-state index is -0.228. The molecule has 0 aromatic heterocycles. The normalized spacial score (nSPS) is 34.2. The van der Waals surface area contributed by atoms with Crippen LogP contribution in [0.3, 0.4) is 0 Å². The van der Waals surface area contributed by atoms with Crippen LogP contribution in [0.2, 0.25) is 0 Å². The number of benzene rings is 1. The van der Waals surface area contributed by atoms with Crippen molar-refractivity contribution in [2.24, 2.45) is 11.8 Å². The predicted octanol–water partition coefficient (Wildman–Crippen LogP) is 2.62. The summed E-state index contributed by atoms with van der Waals surface area (Å²) in [7, 11) is 0. The molecular formula is C14H13IO3. The molecule has 1 aliphatic heterocycles. The fraction of sp³-hybridized carbons (Fsp3) is 0.429. The number of carbonyl (C=O) groups excluding carboxylic acids is 2. The Hall–Kier alpha value is -0.910. The van der Waals surface area contributed by atoms with Crippen molar-refractivity contribution in [1.29, 1.82) is 0 Å². The van der Waals surface area contributed by atoms with Crippen LogP contribution >= 0.6 is 22.6 Å². The Kier molecular flexibility index (Phi) is 3.13. The van der Waals surface area contributed by atoms with Crippen LogP contribution in [0.25, 0.3) is 0 Å². The third-order valence-corrected chi connectivity index (χ3v) is 5.13. The van der Waals surface area contributed by atoms with Gasteiger partial charge in [0.25, 0.3) is 0 Å². The molecule has 0 spiro atoms. The second-order valence-corrected chi connectivity index (χ2v) is 6.51. The summed E-state index contributed by atoms with van der Waals surface area (Å²) in [5.41, 5.74) is 0.698. The zero-order chi connectivity index (χ0) is 12.7. The van der Waals surface area contributed by atoms with Gasteiger partial charge in [-0.1, -0.05) is 52.9 Å². The average Bonchev–Trinajstić information content (AvgIpc) is 2.73. The van der Waals surface area contributed by atoms with E-state index >= 15 is 0 Å². The van der Waals surface area contributed by atoms with Gasteiger partial charge in [0.1, 0.15) is 6.10 Å². The minimum Gasteiger partial charge on any atom is -0.461 e. The van der Waals surface area contributed by atoms with Gasteiger partial charge in [0, 0.05) is 15.4 Å². The van der Waals surface area contributed by atoms with E-state index in [9.17, 15) is 9.59 Å². The molecule has 2 fully saturated rings. The monoisotopic (exact) mass is 356 g/mol. The first-order chi connectivity index (χ1) is 8.66. The van der Waals surface area contributed by atoms with Gasteiger partial charge in [-0.15, -0.1) is 0 Å². The lowest BCUT2D eigenvalue weighted by molar-refractivity contribution is -0.143. The molecule has 2 bridgehead atoms. The molecule has 1 saturated carbocycles. The summed E-state index contributed by atoms with van der Waals surface area (Å²) in [5, 5.41) is 0. The van der Waals surface area contributed by atoms with Gasteiger partial charge in [-0.05, 0) is 12.8 Å². The van der Waals surface area contributed by atoms with Gasteiger partial charge >= 0.3 is 5.97 Å². The summed E-state index contributed by atoms with van der Waals surface area (Å²) < 4.78 is 5.57. The standard InChI is InChI=1S/C14H13IO3/c15-11-6-9(10-7-12(11)18-14(10)17)13(16)8-4-2-1-3-5-8/h1-5,9-12H,6-7H2/t9-,10+,11-,12-/m1/s1. The first-order valence-electron chi connectivity index (χ1n) is 6.10. The number of fused-ring (bicyclic) bond motifs is 2. The molecule has 0 N–H and O–H groups in total. The van der Waals surface area contributed by atoms with Gasteiger partial charge in [-0.3, -0.25) is 9.59 Å². The second-order valence-electron chi connectivity index (χ2n) is 4.91. The maximum atomic E-state index is 12.5. The van der Waals surface area contributed by atoms with E-state index in [1.165, 1.54) is 0 Å². The SMILES string of the molecule is O=C1O[C@@H]2C[C@H]1[C@H](C(=O)c1ccccc1)C[C@H]2I. The van der Waals surface area contributed by atoms with E-state index in [0.29, 0.717) is 12.0 Å². The number of halogens is 1. The van der Waals surface area contributed by atoms with Crippen LogP contribution in [-0.4, -0.2) is 21.8 Å². The van der Waals surface area contributed by atoms with E-state index in [1.54, 1.807) is 0 Å². The van der Waals surface area contributed by atoms with Crippen LogP contribution in [0.1, 0.15) is 23.2 Å². The summed E-state index contributed by atoms with van der Waals surface area (Å²) in [4.78, 5) is 24.2. The van der Waals surface area contributed by atoms with Crippen LogP contribution in [0.15, 0.2) is 30.3 Å². The molecule has 18 heavy (non-hydrogen) atoms. The molecule has 4 heteroatoms. The zero-order valence-corrected chi connectivity index (χ0v) is 11.9. The number of alkyl halides is 1. The molecule has 3 rings (SSSR count). The number of carbonyl (C=O) groups is 2. The molecule has 0 unspecified atom stereocenters. The smallest absolute Gasteiger partial charge is 0.310 e. The number of ketones is 1. The van der Waals surface area contributed by atoms with Crippen LogP contribution in [-0.2, 0) is 9.53 Å². The van der Waals surface area contributed by atoms with Gasteiger partial charge in [0.15, 0.2) is 5.78 Å².